The molecule has 4 rings (SSSR count). The van der Waals surface area contributed by atoms with E-state index in [1.807, 2.05) is 36.4 Å². The van der Waals surface area contributed by atoms with Crippen LogP contribution in [0.5, 0.6) is 23.0 Å². The Balaban J connectivity index is 1.70. The third-order valence-electron chi connectivity index (χ3n) is 6.77. The highest BCUT2D eigenvalue weighted by Crippen LogP contribution is 2.44. The van der Waals surface area contributed by atoms with Gasteiger partial charge in [-0.05, 0) is 47.7 Å². The van der Waals surface area contributed by atoms with Gasteiger partial charge in [0.15, 0.2) is 23.0 Å². The fourth-order valence-corrected chi connectivity index (χ4v) is 5.10. The van der Waals surface area contributed by atoms with Crippen LogP contribution < -0.4 is 18.9 Å². The van der Waals surface area contributed by atoms with Gasteiger partial charge in [0.1, 0.15) is 5.78 Å². The van der Waals surface area contributed by atoms with E-state index >= 15 is 0 Å². The lowest BCUT2D eigenvalue weighted by Gasteiger charge is -2.42. The SMILES string of the molecule is COc1ccc(C2COCCC2C2OCCC(=O)C2c2ccc(OC)c(OC)c2)cc1OC. The van der Waals surface area contributed by atoms with Crippen LogP contribution in [0.15, 0.2) is 36.4 Å². The summed E-state index contributed by atoms with van der Waals surface area (Å²) >= 11 is 0. The molecule has 0 aromatic heterocycles. The zero-order valence-corrected chi connectivity index (χ0v) is 19.7. The maximum atomic E-state index is 13.2. The van der Waals surface area contributed by atoms with Crippen molar-refractivity contribution in [2.24, 2.45) is 5.92 Å². The Morgan fingerprint density at radius 3 is 2.03 bits per heavy atom. The third kappa shape index (κ3) is 4.66. The predicted molar refractivity (Wildman–Crippen MR) is 123 cm³/mol. The van der Waals surface area contributed by atoms with E-state index in [0.29, 0.717) is 49.2 Å². The zero-order chi connectivity index (χ0) is 23.4. The summed E-state index contributed by atoms with van der Waals surface area (Å²) in [5.74, 6) is 2.60. The van der Waals surface area contributed by atoms with Crippen LogP contribution in [0.4, 0.5) is 0 Å². The lowest BCUT2D eigenvalue weighted by molar-refractivity contribution is -0.138. The quantitative estimate of drug-likeness (QED) is 0.624. The first-order valence-corrected chi connectivity index (χ1v) is 11.3. The van der Waals surface area contributed by atoms with Crippen LogP contribution in [0.25, 0.3) is 0 Å². The summed E-state index contributed by atoms with van der Waals surface area (Å²) in [5.41, 5.74) is 1.98. The van der Waals surface area contributed by atoms with Crippen molar-refractivity contribution in [1.29, 1.82) is 0 Å². The first kappa shape index (κ1) is 23.4. The second kappa shape index (κ2) is 10.4. The normalized spacial score (nSPS) is 25.4. The van der Waals surface area contributed by atoms with E-state index in [1.54, 1.807) is 28.4 Å². The van der Waals surface area contributed by atoms with Crippen molar-refractivity contribution < 1.29 is 33.2 Å². The topological polar surface area (TPSA) is 72.5 Å². The molecule has 7 heteroatoms. The lowest BCUT2D eigenvalue weighted by Crippen LogP contribution is -2.45. The highest BCUT2D eigenvalue weighted by atomic mass is 16.5. The van der Waals surface area contributed by atoms with Gasteiger partial charge >= 0.3 is 0 Å². The van der Waals surface area contributed by atoms with E-state index in [-0.39, 0.29) is 29.6 Å². The van der Waals surface area contributed by atoms with Crippen LogP contribution in [0.1, 0.15) is 35.8 Å². The summed E-state index contributed by atoms with van der Waals surface area (Å²) in [6, 6.07) is 11.6. The second-order valence-electron chi connectivity index (χ2n) is 8.39. The van der Waals surface area contributed by atoms with Gasteiger partial charge in [0, 0.05) is 18.9 Å². The number of carbonyl (C=O) groups is 1. The maximum Gasteiger partial charge on any atom is 0.161 e. The number of benzene rings is 2. The molecule has 7 nitrogen and oxygen atoms in total. The molecule has 0 spiro atoms. The van der Waals surface area contributed by atoms with Gasteiger partial charge < -0.3 is 28.4 Å². The van der Waals surface area contributed by atoms with Crippen molar-refractivity contribution in [3.05, 3.63) is 47.5 Å². The van der Waals surface area contributed by atoms with Gasteiger partial charge in [0.2, 0.25) is 0 Å². The fraction of sp³-hybridized carbons (Fsp3) is 0.500. The molecule has 2 aromatic rings. The molecule has 4 unspecified atom stereocenters. The van der Waals surface area contributed by atoms with Gasteiger partial charge in [-0.25, -0.2) is 0 Å². The van der Waals surface area contributed by atoms with Crippen molar-refractivity contribution in [1.82, 2.24) is 0 Å². The largest absolute Gasteiger partial charge is 0.493 e. The Bertz CT molecular complexity index is 973. The highest BCUT2D eigenvalue weighted by molar-refractivity contribution is 5.87. The summed E-state index contributed by atoms with van der Waals surface area (Å²) in [5, 5.41) is 0. The molecule has 33 heavy (non-hydrogen) atoms. The first-order chi connectivity index (χ1) is 16.1. The van der Waals surface area contributed by atoms with Crippen LogP contribution in [0.3, 0.4) is 0 Å². The van der Waals surface area contributed by atoms with Crippen molar-refractivity contribution in [2.45, 2.75) is 30.8 Å². The third-order valence-corrected chi connectivity index (χ3v) is 6.77. The first-order valence-electron chi connectivity index (χ1n) is 11.3. The van der Waals surface area contributed by atoms with Crippen LogP contribution in [-0.2, 0) is 14.3 Å². The highest BCUT2D eigenvalue weighted by Gasteiger charge is 2.44. The number of Topliss-reactive ketones (excluding diaryl/α,β-unsaturated/α-hetero) is 1. The lowest BCUT2D eigenvalue weighted by atomic mass is 9.72. The number of methoxy groups -OCH3 is 4. The van der Waals surface area contributed by atoms with E-state index in [0.717, 1.165) is 17.5 Å². The van der Waals surface area contributed by atoms with Crippen LogP contribution in [0, 0.1) is 5.92 Å². The molecule has 0 aliphatic carbocycles. The molecule has 0 radical (unpaired) electrons. The van der Waals surface area contributed by atoms with Gasteiger partial charge in [-0.2, -0.15) is 0 Å². The summed E-state index contributed by atoms with van der Waals surface area (Å²) in [6.45, 7) is 1.64. The van der Waals surface area contributed by atoms with Crippen molar-refractivity contribution in [3.63, 3.8) is 0 Å². The Hall–Kier alpha value is -2.77. The second-order valence-corrected chi connectivity index (χ2v) is 8.39. The van der Waals surface area contributed by atoms with E-state index in [1.165, 1.54) is 0 Å². The summed E-state index contributed by atoms with van der Waals surface area (Å²) in [7, 11) is 6.46. The van der Waals surface area contributed by atoms with E-state index < -0.39 is 0 Å². The van der Waals surface area contributed by atoms with Gasteiger partial charge in [-0.3, -0.25) is 4.79 Å². The van der Waals surface area contributed by atoms with Crippen LogP contribution in [-0.4, -0.2) is 60.1 Å². The molecule has 2 aliphatic rings. The van der Waals surface area contributed by atoms with Gasteiger partial charge in [0.05, 0.1) is 53.7 Å². The molecule has 0 amide bonds. The average Bonchev–Trinajstić information content (AvgIpc) is 2.87. The fourth-order valence-electron chi connectivity index (χ4n) is 5.10. The average molecular weight is 457 g/mol. The van der Waals surface area contributed by atoms with E-state index in [4.69, 9.17) is 28.4 Å². The minimum Gasteiger partial charge on any atom is -0.493 e. The minimum atomic E-state index is -0.371. The van der Waals surface area contributed by atoms with Gasteiger partial charge in [-0.15, -0.1) is 0 Å². The number of hydrogen-bond acceptors (Lipinski definition) is 7. The molecule has 178 valence electrons. The Morgan fingerprint density at radius 2 is 1.39 bits per heavy atom. The monoisotopic (exact) mass is 456 g/mol. The minimum absolute atomic E-state index is 0.0668. The molecule has 2 saturated heterocycles. The number of rotatable bonds is 7. The van der Waals surface area contributed by atoms with Crippen molar-refractivity contribution >= 4 is 5.78 Å². The molecular formula is C26H32O7. The standard InChI is InChI=1S/C26H32O7/c1-28-21-7-5-16(13-23(21)30-3)19-15-32-11-9-18(19)26-25(20(27)10-12-33-26)17-6-8-22(29-2)24(14-17)31-4/h5-8,13-14,18-19,25-26H,9-12,15H2,1-4H3. The summed E-state index contributed by atoms with van der Waals surface area (Å²) < 4.78 is 34.0. The van der Waals surface area contributed by atoms with Crippen LogP contribution in [0.2, 0.25) is 0 Å². The molecule has 0 saturated carbocycles. The number of ketones is 1. The number of hydrogen-bond donors (Lipinski definition) is 0. The zero-order valence-electron chi connectivity index (χ0n) is 19.7. The molecule has 2 fully saturated rings. The molecular weight excluding hydrogens is 424 g/mol. The summed E-state index contributed by atoms with van der Waals surface area (Å²) in [4.78, 5) is 13.2. The molecule has 4 atom stereocenters. The molecule has 0 N–H and O–H groups in total. The molecule has 0 bridgehead atoms. The summed E-state index contributed by atoms with van der Waals surface area (Å²) in [6.07, 6.45) is 0.951. The molecule has 2 aromatic carbocycles. The van der Waals surface area contributed by atoms with Gasteiger partial charge in [0.25, 0.3) is 0 Å². The Labute approximate surface area is 194 Å². The maximum absolute atomic E-state index is 13.2. The predicted octanol–water partition coefficient (Wildman–Crippen LogP) is 3.98. The van der Waals surface area contributed by atoms with Crippen molar-refractivity contribution in [2.75, 3.05) is 48.3 Å². The smallest absolute Gasteiger partial charge is 0.161 e. The Morgan fingerprint density at radius 1 is 0.788 bits per heavy atom. The van der Waals surface area contributed by atoms with Crippen molar-refractivity contribution in [3.8, 4) is 23.0 Å². The molecule has 2 aliphatic heterocycles. The molecule has 2 heterocycles. The number of ether oxygens (including phenoxy) is 6. The van der Waals surface area contributed by atoms with Gasteiger partial charge in [-0.1, -0.05) is 12.1 Å². The van der Waals surface area contributed by atoms with Crippen LogP contribution >= 0.6 is 0 Å². The Kier molecular flexibility index (Phi) is 7.40. The van der Waals surface area contributed by atoms with E-state index in [2.05, 4.69) is 0 Å². The van der Waals surface area contributed by atoms with E-state index in [9.17, 15) is 4.79 Å². The number of carbonyl (C=O) groups excluding carboxylic acids is 1.